The van der Waals surface area contributed by atoms with E-state index in [4.69, 9.17) is 5.73 Å². The van der Waals surface area contributed by atoms with Crippen molar-refractivity contribution in [2.75, 3.05) is 0 Å². The lowest BCUT2D eigenvalue weighted by molar-refractivity contribution is -0.127. The SMILES string of the molecule is CC(C)(C)[Si](C)(C)C#CC[C@H](NC(=O)CC1CCCC1)C(N)=O. The summed E-state index contributed by atoms with van der Waals surface area (Å²) in [5.74, 6) is 2.99. The van der Waals surface area contributed by atoms with Crippen LogP contribution in [-0.2, 0) is 9.59 Å². The van der Waals surface area contributed by atoms with Crippen LogP contribution in [0.4, 0.5) is 0 Å². The predicted molar refractivity (Wildman–Crippen MR) is 97.3 cm³/mol. The highest BCUT2D eigenvalue weighted by Crippen LogP contribution is 2.35. The van der Waals surface area contributed by atoms with Crippen LogP contribution >= 0.6 is 0 Å². The molecule has 1 aliphatic rings. The highest BCUT2D eigenvalue weighted by atomic mass is 28.3. The highest BCUT2D eigenvalue weighted by Gasteiger charge is 2.33. The van der Waals surface area contributed by atoms with E-state index >= 15 is 0 Å². The Bertz CT molecular complexity index is 491. The number of carbonyl (C=O) groups excluding carboxylic acids is 2. The van der Waals surface area contributed by atoms with Crippen LogP contribution in [-0.4, -0.2) is 25.9 Å². The average Bonchev–Trinajstić information content (AvgIpc) is 2.88. The van der Waals surface area contributed by atoms with Gasteiger partial charge < -0.3 is 11.1 Å². The zero-order chi connectivity index (χ0) is 17.7. The molecule has 0 bridgehead atoms. The van der Waals surface area contributed by atoms with Gasteiger partial charge in [0.2, 0.25) is 11.8 Å². The Morgan fingerprint density at radius 3 is 2.30 bits per heavy atom. The lowest BCUT2D eigenvalue weighted by atomic mass is 10.0. The van der Waals surface area contributed by atoms with Gasteiger partial charge in [0.15, 0.2) is 0 Å². The van der Waals surface area contributed by atoms with E-state index in [0.717, 1.165) is 12.8 Å². The van der Waals surface area contributed by atoms with Crippen molar-refractivity contribution in [2.24, 2.45) is 11.7 Å². The van der Waals surface area contributed by atoms with Gasteiger partial charge in [-0.1, -0.05) is 46.7 Å². The molecular formula is C18H32N2O2Si. The highest BCUT2D eigenvalue weighted by molar-refractivity contribution is 6.87. The lowest BCUT2D eigenvalue weighted by Gasteiger charge is -2.31. The molecule has 1 atom stereocenters. The van der Waals surface area contributed by atoms with Gasteiger partial charge in [-0.25, -0.2) is 0 Å². The van der Waals surface area contributed by atoms with Crippen molar-refractivity contribution in [3.8, 4) is 11.5 Å². The third kappa shape index (κ3) is 6.38. The Kier molecular flexibility index (Phi) is 6.88. The zero-order valence-electron chi connectivity index (χ0n) is 15.3. The first-order valence-electron chi connectivity index (χ1n) is 8.61. The molecule has 0 aromatic heterocycles. The van der Waals surface area contributed by atoms with Crippen LogP contribution < -0.4 is 11.1 Å². The van der Waals surface area contributed by atoms with E-state index in [9.17, 15) is 9.59 Å². The van der Waals surface area contributed by atoms with Gasteiger partial charge in [-0.3, -0.25) is 9.59 Å². The van der Waals surface area contributed by atoms with Crippen molar-refractivity contribution in [2.45, 2.75) is 83.5 Å². The van der Waals surface area contributed by atoms with Gasteiger partial charge in [-0.15, -0.1) is 11.5 Å². The lowest BCUT2D eigenvalue weighted by Crippen LogP contribution is -2.44. The summed E-state index contributed by atoms with van der Waals surface area (Å²) in [7, 11) is -1.70. The molecule has 0 saturated heterocycles. The summed E-state index contributed by atoms with van der Waals surface area (Å²) in [6, 6.07) is -0.679. The van der Waals surface area contributed by atoms with Crippen LogP contribution in [0.2, 0.25) is 18.1 Å². The summed E-state index contributed by atoms with van der Waals surface area (Å²) in [4.78, 5) is 23.7. The van der Waals surface area contributed by atoms with Crippen molar-refractivity contribution >= 4 is 19.9 Å². The van der Waals surface area contributed by atoms with Gasteiger partial charge in [0.1, 0.15) is 14.1 Å². The smallest absolute Gasteiger partial charge is 0.240 e. The molecule has 130 valence electrons. The van der Waals surface area contributed by atoms with E-state index in [1.807, 2.05) is 0 Å². The quantitative estimate of drug-likeness (QED) is 0.598. The van der Waals surface area contributed by atoms with E-state index in [1.54, 1.807) is 0 Å². The first-order valence-corrected chi connectivity index (χ1v) is 11.6. The Labute approximate surface area is 142 Å². The molecule has 1 fully saturated rings. The van der Waals surface area contributed by atoms with Gasteiger partial charge in [-0.2, -0.15) is 0 Å². The predicted octanol–water partition coefficient (Wildman–Crippen LogP) is 2.98. The number of hydrogen-bond donors (Lipinski definition) is 2. The Hall–Kier alpha value is -1.28. The van der Waals surface area contributed by atoms with Crippen molar-refractivity contribution in [3.63, 3.8) is 0 Å². The Morgan fingerprint density at radius 1 is 1.26 bits per heavy atom. The first kappa shape index (κ1) is 19.8. The summed E-state index contributed by atoms with van der Waals surface area (Å²) in [6.45, 7) is 11.0. The normalized spacial score (nSPS) is 17.3. The fourth-order valence-corrected chi connectivity index (χ4v) is 3.43. The molecule has 1 rings (SSSR count). The number of carbonyl (C=O) groups is 2. The van der Waals surface area contributed by atoms with Crippen LogP contribution in [0.5, 0.6) is 0 Å². The van der Waals surface area contributed by atoms with Gasteiger partial charge in [0, 0.05) is 12.8 Å². The molecular weight excluding hydrogens is 304 g/mol. The minimum Gasteiger partial charge on any atom is -0.368 e. The second kappa shape index (κ2) is 8.01. The molecule has 0 unspecified atom stereocenters. The van der Waals surface area contributed by atoms with Gasteiger partial charge >= 0.3 is 0 Å². The third-order valence-electron chi connectivity index (χ3n) is 5.21. The van der Waals surface area contributed by atoms with E-state index in [0.29, 0.717) is 18.8 Å². The number of amides is 2. The van der Waals surface area contributed by atoms with Crippen molar-refractivity contribution < 1.29 is 9.59 Å². The maximum atomic E-state index is 12.1. The topological polar surface area (TPSA) is 72.2 Å². The van der Waals surface area contributed by atoms with Crippen LogP contribution in [0.15, 0.2) is 0 Å². The minimum atomic E-state index is -1.70. The van der Waals surface area contributed by atoms with Crippen molar-refractivity contribution in [3.05, 3.63) is 0 Å². The fraction of sp³-hybridized carbons (Fsp3) is 0.778. The largest absolute Gasteiger partial charge is 0.368 e. The molecule has 0 spiro atoms. The summed E-state index contributed by atoms with van der Waals surface area (Å²) >= 11 is 0. The maximum Gasteiger partial charge on any atom is 0.240 e. The minimum absolute atomic E-state index is 0.0742. The molecule has 0 aromatic rings. The van der Waals surface area contributed by atoms with Crippen LogP contribution in [0.1, 0.15) is 59.3 Å². The summed E-state index contributed by atoms with van der Waals surface area (Å²) in [6.07, 6.45) is 5.43. The zero-order valence-corrected chi connectivity index (χ0v) is 16.3. The maximum absolute atomic E-state index is 12.1. The van der Waals surface area contributed by atoms with E-state index in [2.05, 4.69) is 50.6 Å². The van der Waals surface area contributed by atoms with Crippen LogP contribution in [0.25, 0.3) is 0 Å². The van der Waals surface area contributed by atoms with E-state index in [-0.39, 0.29) is 10.9 Å². The molecule has 5 heteroatoms. The average molecular weight is 337 g/mol. The number of hydrogen-bond acceptors (Lipinski definition) is 2. The molecule has 0 aliphatic heterocycles. The molecule has 1 aliphatic carbocycles. The second-order valence-electron chi connectivity index (χ2n) is 8.26. The molecule has 4 nitrogen and oxygen atoms in total. The van der Waals surface area contributed by atoms with E-state index in [1.165, 1.54) is 12.8 Å². The Morgan fingerprint density at radius 2 is 1.83 bits per heavy atom. The number of primary amides is 1. The second-order valence-corrected chi connectivity index (χ2v) is 13.3. The third-order valence-corrected chi connectivity index (χ3v) is 9.76. The van der Waals surface area contributed by atoms with Crippen LogP contribution in [0, 0.1) is 17.4 Å². The van der Waals surface area contributed by atoms with Gasteiger partial charge in [0.25, 0.3) is 0 Å². The van der Waals surface area contributed by atoms with E-state index < -0.39 is 20.0 Å². The molecule has 3 N–H and O–H groups in total. The molecule has 23 heavy (non-hydrogen) atoms. The number of nitrogens with one attached hydrogen (secondary N) is 1. The molecule has 0 aromatic carbocycles. The Balaban J connectivity index is 2.59. The standard InChI is InChI=1S/C18H32N2O2Si/c1-18(2,3)23(4,5)12-8-11-15(17(19)22)20-16(21)13-14-9-6-7-10-14/h14-15H,6-7,9-11,13H2,1-5H3,(H2,19,22)(H,20,21)/t15-/m0/s1. The van der Waals surface area contributed by atoms with Crippen LogP contribution in [0.3, 0.4) is 0 Å². The van der Waals surface area contributed by atoms with Crippen molar-refractivity contribution in [1.29, 1.82) is 0 Å². The molecule has 0 radical (unpaired) electrons. The fourth-order valence-electron chi connectivity index (χ4n) is 2.51. The van der Waals surface area contributed by atoms with Gasteiger partial charge in [-0.05, 0) is 23.8 Å². The number of rotatable bonds is 5. The molecule has 2 amide bonds. The first-order chi connectivity index (χ1) is 10.5. The molecule has 1 saturated carbocycles. The molecule has 0 heterocycles. The summed E-state index contributed by atoms with van der Waals surface area (Å²) < 4.78 is 0. The van der Waals surface area contributed by atoms with Crippen molar-refractivity contribution in [1.82, 2.24) is 5.32 Å². The number of nitrogens with two attached hydrogens (primary N) is 1. The van der Waals surface area contributed by atoms with Gasteiger partial charge in [0.05, 0.1) is 0 Å². The summed E-state index contributed by atoms with van der Waals surface area (Å²) in [5.41, 5.74) is 8.78. The summed E-state index contributed by atoms with van der Waals surface area (Å²) in [5, 5.41) is 2.94. The monoisotopic (exact) mass is 336 g/mol.